The van der Waals surface area contributed by atoms with Gasteiger partial charge in [-0.1, -0.05) is 30.3 Å². The van der Waals surface area contributed by atoms with E-state index < -0.39 is 12.1 Å². The van der Waals surface area contributed by atoms with Gasteiger partial charge in [-0.2, -0.15) is 0 Å². The second-order valence-electron chi connectivity index (χ2n) is 5.71. The van der Waals surface area contributed by atoms with Crippen molar-refractivity contribution in [1.82, 2.24) is 15.5 Å². The highest BCUT2D eigenvalue weighted by Crippen LogP contribution is 2.32. The smallest absolute Gasteiger partial charge is 0.322 e. The van der Waals surface area contributed by atoms with E-state index in [0.29, 0.717) is 6.42 Å². The van der Waals surface area contributed by atoms with Crippen molar-refractivity contribution in [2.24, 2.45) is 0 Å². The van der Waals surface area contributed by atoms with Gasteiger partial charge in [0, 0.05) is 13.0 Å². The molecule has 6 heteroatoms. The lowest BCUT2D eigenvalue weighted by Gasteiger charge is -2.25. The van der Waals surface area contributed by atoms with Crippen LogP contribution in [0.25, 0.3) is 0 Å². The number of urea groups is 1. The minimum Gasteiger partial charge on any atom is -0.336 e. The van der Waals surface area contributed by atoms with E-state index >= 15 is 0 Å². The molecule has 1 aromatic rings. The zero-order valence-corrected chi connectivity index (χ0v) is 12.2. The van der Waals surface area contributed by atoms with Gasteiger partial charge in [0.05, 0.1) is 6.04 Å². The van der Waals surface area contributed by atoms with Crippen LogP contribution >= 0.6 is 0 Å². The van der Waals surface area contributed by atoms with Crippen LogP contribution in [0, 0.1) is 0 Å². The molecule has 116 valence electrons. The molecule has 3 rings (SSSR count). The molecule has 2 aliphatic heterocycles. The molecule has 2 saturated heterocycles. The molecule has 22 heavy (non-hydrogen) atoms. The minimum absolute atomic E-state index is 0.0419. The van der Waals surface area contributed by atoms with Crippen molar-refractivity contribution < 1.29 is 14.4 Å². The molecule has 2 fully saturated rings. The van der Waals surface area contributed by atoms with Gasteiger partial charge in [0.1, 0.15) is 6.04 Å². The highest BCUT2D eigenvalue weighted by atomic mass is 16.2. The van der Waals surface area contributed by atoms with Gasteiger partial charge in [-0.15, -0.1) is 0 Å². The molecule has 0 aromatic heterocycles. The molecule has 0 radical (unpaired) electrons. The fourth-order valence-electron chi connectivity index (χ4n) is 3.16. The molecular weight excluding hydrogens is 282 g/mol. The molecule has 2 atom stereocenters. The number of nitrogens with one attached hydrogen (secondary N) is 2. The molecule has 4 amide bonds. The topological polar surface area (TPSA) is 78.5 Å². The van der Waals surface area contributed by atoms with Crippen LogP contribution < -0.4 is 10.6 Å². The molecular formula is C16H19N3O3. The van der Waals surface area contributed by atoms with Crippen LogP contribution in [0.3, 0.4) is 0 Å². The number of nitrogens with zero attached hydrogens (tertiary/aromatic N) is 1. The first-order chi connectivity index (χ1) is 10.6. The summed E-state index contributed by atoms with van der Waals surface area (Å²) in [5.41, 5.74) is 1.15. The third-order valence-corrected chi connectivity index (χ3v) is 4.26. The first kappa shape index (κ1) is 14.6. The van der Waals surface area contributed by atoms with Gasteiger partial charge in [0.15, 0.2) is 0 Å². The van der Waals surface area contributed by atoms with Gasteiger partial charge >= 0.3 is 6.03 Å². The Balaban J connectivity index is 1.60. The lowest BCUT2D eigenvalue weighted by atomic mass is 10.0. The maximum atomic E-state index is 12.5. The Bertz CT molecular complexity index is 588. The zero-order valence-electron chi connectivity index (χ0n) is 12.2. The Labute approximate surface area is 128 Å². The van der Waals surface area contributed by atoms with E-state index in [1.165, 1.54) is 0 Å². The van der Waals surface area contributed by atoms with Crippen molar-refractivity contribution in [1.29, 1.82) is 0 Å². The number of benzene rings is 1. The Morgan fingerprint density at radius 2 is 2.00 bits per heavy atom. The number of rotatable bonds is 4. The van der Waals surface area contributed by atoms with Gasteiger partial charge in [-0.25, -0.2) is 4.79 Å². The summed E-state index contributed by atoms with van der Waals surface area (Å²) in [5, 5.41) is 4.70. The molecule has 0 bridgehead atoms. The summed E-state index contributed by atoms with van der Waals surface area (Å²) >= 11 is 0. The number of amides is 4. The first-order valence-corrected chi connectivity index (χ1v) is 7.61. The van der Waals surface area contributed by atoms with Gasteiger partial charge in [-0.3, -0.25) is 14.9 Å². The number of likely N-dealkylation sites (tertiary alicyclic amines) is 1. The van der Waals surface area contributed by atoms with Crippen LogP contribution in [0.4, 0.5) is 4.79 Å². The largest absolute Gasteiger partial charge is 0.336 e. The summed E-state index contributed by atoms with van der Waals surface area (Å²) in [6.45, 7) is 0.752. The van der Waals surface area contributed by atoms with E-state index in [4.69, 9.17) is 0 Å². The summed E-state index contributed by atoms with van der Waals surface area (Å²) in [5.74, 6) is -0.306. The van der Waals surface area contributed by atoms with Crippen LogP contribution in [0.15, 0.2) is 30.3 Å². The van der Waals surface area contributed by atoms with Crippen molar-refractivity contribution in [2.75, 3.05) is 6.54 Å². The number of carbonyl (C=O) groups excluding carboxylic acids is 3. The summed E-state index contributed by atoms with van der Waals surface area (Å²) in [6, 6.07) is 9.07. The Kier molecular flexibility index (Phi) is 4.09. The van der Waals surface area contributed by atoms with Crippen molar-refractivity contribution >= 4 is 17.8 Å². The van der Waals surface area contributed by atoms with Crippen LogP contribution in [-0.4, -0.2) is 35.3 Å². The fraction of sp³-hybridized carbons (Fsp3) is 0.438. The SMILES string of the molecule is O=C1NC(=O)[C@@H](CCC(=O)N2CCC[C@H]2c2ccccc2)N1. The first-order valence-electron chi connectivity index (χ1n) is 7.61. The Hall–Kier alpha value is -2.37. The lowest BCUT2D eigenvalue weighted by molar-refractivity contribution is -0.132. The Morgan fingerprint density at radius 3 is 2.68 bits per heavy atom. The van der Waals surface area contributed by atoms with E-state index in [-0.39, 0.29) is 24.3 Å². The van der Waals surface area contributed by atoms with Crippen LogP contribution in [-0.2, 0) is 9.59 Å². The van der Waals surface area contributed by atoms with Crippen LogP contribution in [0.5, 0.6) is 0 Å². The molecule has 0 unspecified atom stereocenters. The maximum Gasteiger partial charge on any atom is 0.322 e. The third kappa shape index (κ3) is 2.95. The van der Waals surface area contributed by atoms with E-state index in [0.717, 1.165) is 24.9 Å². The predicted molar refractivity (Wildman–Crippen MR) is 79.8 cm³/mol. The van der Waals surface area contributed by atoms with Crippen molar-refractivity contribution in [3.8, 4) is 0 Å². The van der Waals surface area contributed by atoms with Crippen LogP contribution in [0.1, 0.15) is 37.3 Å². The van der Waals surface area contributed by atoms with E-state index in [2.05, 4.69) is 10.6 Å². The number of hydrogen-bond acceptors (Lipinski definition) is 3. The summed E-state index contributed by atoms with van der Waals surface area (Å²) in [7, 11) is 0. The van der Waals surface area contributed by atoms with Crippen molar-refractivity contribution in [3.05, 3.63) is 35.9 Å². The zero-order chi connectivity index (χ0) is 15.5. The number of hydrogen-bond donors (Lipinski definition) is 2. The molecule has 6 nitrogen and oxygen atoms in total. The minimum atomic E-state index is -0.589. The van der Waals surface area contributed by atoms with E-state index in [9.17, 15) is 14.4 Å². The monoisotopic (exact) mass is 301 g/mol. The molecule has 2 aliphatic rings. The second kappa shape index (κ2) is 6.17. The lowest BCUT2D eigenvalue weighted by Crippen LogP contribution is -2.34. The van der Waals surface area contributed by atoms with Gasteiger partial charge in [0.25, 0.3) is 5.91 Å². The number of imide groups is 1. The maximum absolute atomic E-state index is 12.5. The van der Waals surface area contributed by atoms with E-state index in [1.807, 2.05) is 35.2 Å². The predicted octanol–water partition coefficient (Wildman–Crippen LogP) is 1.34. The standard InChI is InChI=1S/C16H19N3O3/c20-14(9-8-12-15(21)18-16(22)17-12)19-10-4-7-13(19)11-5-2-1-3-6-11/h1-3,5-6,12-13H,4,7-10H2,(H2,17,18,21,22)/t12-,13+/m1/s1. The normalized spacial score (nSPS) is 24.3. The molecule has 0 saturated carbocycles. The average Bonchev–Trinajstić information content (AvgIpc) is 3.12. The molecule has 0 spiro atoms. The van der Waals surface area contributed by atoms with Gasteiger partial charge in [-0.05, 0) is 24.8 Å². The van der Waals surface area contributed by atoms with Gasteiger partial charge < -0.3 is 10.2 Å². The van der Waals surface area contributed by atoms with Crippen LogP contribution in [0.2, 0.25) is 0 Å². The molecule has 0 aliphatic carbocycles. The van der Waals surface area contributed by atoms with Crippen molar-refractivity contribution in [2.45, 2.75) is 37.8 Å². The molecule has 1 aromatic carbocycles. The average molecular weight is 301 g/mol. The molecule has 2 N–H and O–H groups in total. The third-order valence-electron chi connectivity index (χ3n) is 4.26. The molecule has 2 heterocycles. The summed E-state index contributed by atoms with van der Waals surface area (Å²) in [6.07, 6.45) is 2.57. The van der Waals surface area contributed by atoms with Crippen molar-refractivity contribution in [3.63, 3.8) is 0 Å². The quantitative estimate of drug-likeness (QED) is 0.824. The highest BCUT2D eigenvalue weighted by molar-refractivity contribution is 6.04. The summed E-state index contributed by atoms with van der Waals surface area (Å²) < 4.78 is 0. The fourth-order valence-corrected chi connectivity index (χ4v) is 3.16. The summed E-state index contributed by atoms with van der Waals surface area (Å²) in [4.78, 5) is 36.9. The number of carbonyl (C=O) groups is 3. The van der Waals surface area contributed by atoms with Gasteiger partial charge in [0.2, 0.25) is 5.91 Å². The highest BCUT2D eigenvalue weighted by Gasteiger charge is 2.33. The second-order valence-corrected chi connectivity index (χ2v) is 5.71. The Morgan fingerprint density at radius 1 is 1.23 bits per heavy atom. The van der Waals surface area contributed by atoms with E-state index in [1.54, 1.807) is 0 Å².